The van der Waals surface area contributed by atoms with Crippen LogP contribution in [0.3, 0.4) is 0 Å². The lowest BCUT2D eigenvalue weighted by Crippen LogP contribution is -2.24. The van der Waals surface area contributed by atoms with Gasteiger partial charge in [0.25, 0.3) is 0 Å². The lowest BCUT2D eigenvalue weighted by molar-refractivity contribution is -0.120. The predicted molar refractivity (Wildman–Crippen MR) is 86.0 cm³/mol. The molecular formula is C18H23NO3. The van der Waals surface area contributed by atoms with Crippen LogP contribution < -0.4 is 14.8 Å². The number of rotatable bonds is 5. The Balaban J connectivity index is 1.82. The molecule has 0 radical (unpaired) electrons. The second-order valence-corrected chi connectivity index (χ2v) is 5.95. The average molecular weight is 301 g/mol. The van der Waals surface area contributed by atoms with Crippen molar-refractivity contribution in [2.45, 2.75) is 45.6 Å². The molecule has 1 heterocycles. The molecule has 1 N–H and O–H groups in total. The van der Waals surface area contributed by atoms with E-state index in [1.54, 1.807) is 0 Å². The molecule has 0 unspecified atom stereocenters. The first kappa shape index (κ1) is 16.2. The van der Waals surface area contributed by atoms with Gasteiger partial charge in [-0.1, -0.05) is 30.9 Å². The molecule has 1 aromatic carbocycles. The van der Waals surface area contributed by atoms with Gasteiger partial charge in [-0.3, -0.25) is 4.79 Å². The zero-order valence-electron chi connectivity index (χ0n) is 13.5. The van der Waals surface area contributed by atoms with Crippen molar-refractivity contribution < 1.29 is 14.3 Å². The number of carbonyl (C=O) groups is 1. The fourth-order valence-corrected chi connectivity index (χ4v) is 2.39. The molecule has 2 rings (SSSR count). The van der Waals surface area contributed by atoms with E-state index >= 15 is 0 Å². The van der Waals surface area contributed by atoms with Gasteiger partial charge in [0.2, 0.25) is 5.91 Å². The standard InChI is InChI=1S/C18H23NO3/c1-4-8-16(20)19-11-5-6-12-21-15-10-7-9-14-13-18(2,3)22-17(14)15/h7,9-10H,4,8,11-13H2,1-3H3,(H,19,20). The molecule has 118 valence electrons. The summed E-state index contributed by atoms with van der Waals surface area (Å²) < 4.78 is 11.6. The minimum absolute atomic E-state index is 0.0363. The van der Waals surface area contributed by atoms with E-state index in [1.807, 2.05) is 19.1 Å². The van der Waals surface area contributed by atoms with Crippen LogP contribution in [0.25, 0.3) is 0 Å². The molecule has 22 heavy (non-hydrogen) atoms. The summed E-state index contributed by atoms with van der Waals surface area (Å²) in [7, 11) is 0. The number of amides is 1. The van der Waals surface area contributed by atoms with E-state index in [4.69, 9.17) is 9.47 Å². The zero-order chi connectivity index (χ0) is 16.0. The van der Waals surface area contributed by atoms with Gasteiger partial charge in [-0.25, -0.2) is 0 Å². The Morgan fingerprint density at radius 3 is 3.00 bits per heavy atom. The van der Waals surface area contributed by atoms with Crippen LogP contribution in [0.15, 0.2) is 18.2 Å². The maximum atomic E-state index is 11.3. The third-order valence-corrected chi connectivity index (χ3v) is 3.33. The molecule has 1 aliphatic rings. The van der Waals surface area contributed by atoms with Gasteiger partial charge in [-0.05, 0) is 26.3 Å². The highest BCUT2D eigenvalue weighted by Crippen LogP contribution is 2.41. The van der Waals surface area contributed by atoms with Crippen molar-refractivity contribution in [3.8, 4) is 23.3 Å². The number of hydrogen-bond acceptors (Lipinski definition) is 3. The first-order valence-electron chi connectivity index (χ1n) is 7.68. The van der Waals surface area contributed by atoms with E-state index in [0.717, 1.165) is 24.3 Å². The first-order chi connectivity index (χ1) is 10.5. The van der Waals surface area contributed by atoms with Crippen LogP contribution in [-0.4, -0.2) is 24.7 Å². The monoisotopic (exact) mass is 301 g/mol. The van der Waals surface area contributed by atoms with Crippen LogP contribution in [0.2, 0.25) is 0 Å². The van der Waals surface area contributed by atoms with Gasteiger partial charge in [0.1, 0.15) is 12.2 Å². The molecule has 0 spiro atoms. The van der Waals surface area contributed by atoms with Crippen LogP contribution in [0.5, 0.6) is 11.5 Å². The Hall–Kier alpha value is -2.15. The van der Waals surface area contributed by atoms with Crippen molar-refractivity contribution in [2.75, 3.05) is 13.2 Å². The summed E-state index contributed by atoms with van der Waals surface area (Å²) in [5, 5.41) is 2.74. The number of benzene rings is 1. The van der Waals surface area contributed by atoms with E-state index in [1.165, 1.54) is 5.56 Å². The molecule has 0 aliphatic carbocycles. The molecule has 0 fully saturated rings. The van der Waals surface area contributed by atoms with Gasteiger partial charge in [0.15, 0.2) is 11.5 Å². The summed E-state index contributed by atoms with van der Waals surface area (Å²) in [6.07, 6.45) is 2.27. The Labute approximate surface area is 132 Å². The quantitative estimate of drug-likeness (QED) is 0.851. The normalized spacial score (nSPS) is 14.3. The van der Waals surface area contributed by atoms with Crippen molar-refractivity contribution in [3.05, 3.63) is 23.8 Å². The molecule has 0 saturated carbocycles. The second kappa shape index (κ2) is 7.22. The number of hydrogen-bond donors (Lipinski definition) is 1. The highest BCUT2D eigenvalue weighted by molar-refractivity contribution is 5.76. The van der Waals surface area contributed by atoms with Gasteiger partial charge in [0, 0.05) is 18.4 Å². The van der Waals surface area contributed by atoms with Crippen molar-refractivity contribution in [2.24, 2.45) is 0 Å². The highest BCUT2D eigenvalue weighted by Gasteiger charge is 2.32. The fraction of sp³-hybridized carbons (Fsp3) is 0.500. The maximum Gasteiger partial charge on any atom is 0.220 e. The summed E-state index contributed by atoms with van der Waals surface area (Å²) in [6.45, 7) is 6.74. The number of nitrogens with one attached hydrogen (secondary N) is 1. The summed E-state index contributed by atoms with van der Waals surface area (Å²) in [4.78, 5) is 11.3. The topological polar surface area (TPSA) is 47.6 Å². The van der Waals surface area contributed by atoms with Crippen molar-refractivity contribution in [1.29, 1.82) is 0 Å². The summed E-state index contributed by atoms with van der Waals surface area (Å²) in [6, 6.07) is 5.92. The van der Waals surface area contributed by atoms with Crippen molar-refractivity contribution >= 4 is 5.91 Å². The molecule has 0 bridgehead atoms. The van der Waals surface area contributed by atoms with Crippen molar-refractivity contribution in [3.63, 3.8) is 0 Å². The molecule has 4 heteroatoms. The SMILES string of the molecule is CCCC(=O)NCC#CCOc1cccc2c1OC(C)(C)C2. The minimum atomic E-state index is -0.183. The largest absolute Gasteiger partial charge is 0.483 e. The maximum absolute atomic E-state index is 11.3. The molecule has 0 aromatic heterocycles. The molecule has 1 aliphatic heterocycles. The van der Waals surface area contributed by atoms with Crippen LogP contribution in [0.1, 0.15) is 39.2 Å². The van der Waals surface area contributed by atoms with Crippen LogP contribution in [-0.2, 0) is 11.2 Å². The predicted octanol–water partition coefficient (Wildman–Crippen LogP) is 2.70. The zero-order valence-corrected chi connectivity index (χ0v) is 13.5. The summed E-state index contributed by atoms with van der Waals surface area (Å²) >= 11 is 0. The van der Waals surface area contributed by atoms with Gasteiger partial charge in [-0.15, -0.1) is 0 Å². The van der Waals surface area contributed by atoms with Gasteiger partial charge in [-0.2, -0.15) is 0 Å². The minimum Gasteiger partial charge on any atom is -0.483 e. The van der Waals surface area contributed by atoms with Crippen LogP contribution >= 0.6 is 0 Å². The number of ether oxygens (including phenoxy) is 2. The third-order valence-electron chi connectivity index (χ3n) is 3.33. The van der Waals surface area contributed by atoms with Gasteiger partial charge >= 0.3 is 0 Å². The number of para-hydroxylation sites is 1. The summed E-state index contributed by atoms with van der Waals surface area (Å²) in [5.74, 6) is 7.37. The number of fused-ring (bicyclic) bond motifs is 1. The molecule has 4 nitrogen and oxygen atoms in total. The van der Waals surface area contributed by atoms with E-state index in [0.29, 0.717) is 13.0 Å². The Kier molecular flexibility index (Phi) is 5.32. The lowest BCUT2D eigenvalue weighted by Gasteiger charge is -2.17. The van der Waals surface area contributed by atoms with E-state index in [2.05, 4.69) is 37.1 Å². The molecule has 1 aromatic rings. The van der Waals surface area contributed by atoms with E-state index < -0.39 is 0 Å². The Morgan fingerprint density at radius 1 is 1.41 bits per heavy atom. The lowest BCUT2D eigenvalue weighted by atomic mass is 10.0. The van der Waals surface area contributed by atoms with E-state index in [9.17, 15) is 4.79 Å². The van der Waals surface area contributed by atoms with E-state index in [-0.39, 0.29) is 18.1 Å². The summed E-state index contributed by atoms with van der Waals surface area (Å²) in [5.41, 5.74) is 0.985. The fourth-order valence-electron chi connectivity index (χ4n) is 2.39. The molecular weight excluding hydrogens is 278 g/mol. The van der Waals surface area contributed by atoms with Crippen LogP contribution in [0, 0.1) is 11.8 Å². The molecule has 1 amide bonds. The van der Waals surface area contributed by atoms with Gasteiger partial charge < -0.3 is 14.8 Å². The van der Waals surface area contributed by atoms with Crippen LogP contribution in [0.4, 0.5) is 0 Å². The molecule has 0 saturated heterocycles. The first-order valence-corrected chi connectivity index (χ1v) is 7.68. The smallest absolute Gasteiger partial charge is 0.220 e. The highest BCUT2D eigenvalue weighted by atomic mass is 16.5. The van der Waals surface area contributed by atoms with Gasteiger partial charge in [0.05, 0.1) is 6.54 Å². The Bertz CT molecular complexity index is 596. The number of carbonyl (C=O) groups excluding carboxylic acids is 1. The molecule has 0 atom stereocenters. The Morgan fingerprint density at radius 2 is 2.23 bits per heavy atom. The average Bonchev–Trinajstić information content (AvgIpc) is 2.77. The van der Waals surface area contributed by atoms with Crippen molar-refractivity contribution in [1.82, 2.24) is 5.32 Å². The second-order valence-electron chi connectivity index (χ2n) is 5.95. The third kappa shape index (κ3) is 4.42.